The molecule has 2 aliphatic heterocycles. The van der Waals surface area contributed by atoms with Gasteiger partial charge in [-0.2, -0.15) is 17.5 Å². The van der Waals surface area contributed by atoms with Crippen LogP contribution < -0.4 is 0 Å². The maximum atomic E-state index is 13.1. The van der Waals surface area contributed by atoms with Crippen LogP contribution in [0.25, 0.3) is 0 Å². The third kappa shape index (κ3) is 6.28. The highest BCUT2D eigenvalue weighted by molar-refractivity contribution is 7.89. The Bertz CT molecular complexity index is 990. The molecule has 2 fully saturated rings. The van der Waals surface area contributed by atoms with Crippen LogP contribution in [-0.4, -0.2) is 91.0 Å². The number of amides is 1. The second kappa shape index (κ2) is 10.6. The van der Waals surface area contributed by atoms with E-state index in [-0.39, 0.29) is 5.91 Å². The Morgan fingerprint density at radius 3 is 2.18 bits per heavy atom. The molecule has 1 amide bonds. The number of benzene rings is 1. The number of aliphatic carboxylic acids is 1. The maximum absolute atomic E-state index is 13.1. The third-order valence-corrected chi connectivity index (χ3v) is 7.96. The summed E-state index contributed by atoms with van der Waals surface area (Å²) in [4.78, 5) is 26.4. The summed E-state index contributed by atoms with van der Waals surface area (Å²) in [6, 6.07) is 7.03. The Balaban J connectivity index is 0.000000509. The molecular weight excluding hydrogens is 475 g/mol. The van der Waals surface area contributed by atoms with Gasteiger partial charge in [0.2, 0.25) is 15.9 Å². The zero-order chi connectivity index (χ0) is 25.9. The van der Waals surface area contributed by atoms with Crippen LogP contribution in [0.4, 0.5) is 13.2 Å². The molecule has 8 nitrogen and oxygen atoms in total. The molecule has 12 heteroatoms. The fraction of sp³-hybridized carbons (Fsp3) is 0.636. The Morgan fingerprint density at radius 1 is 1.15 bits per heavy atom. The molecule has 2 saturated heterocycles. The first-order chi connectivity index (χ1) is 15.6. The van der Waals surface area contributed by atoms with Crippen LogP contribution in [0.15, 0.2) is 29.2 Å². The quantitative estimate of drug-likeness (QED) is 0.673. The van der Waals surface area contributed by atoms with Crippen molar-refractivity contribution in [1.82, 2.24) is 14.1 Å². The molecule has 2 heterocycles. The summed E-state index contributed by atoms with van der Waals surface area (Å²) in [5.41, 5.74) is 0.368. The highest BCUT2D eigenvalue weighted by Crippen LogP contribution is 2.35. The second-order valence-electron chi connectivity index (χ2n) is 9.12. The van der Waals surface area contributed by atoms with Crippen LogP contribution in [0.2, 0.25) is 0 Å². The molecule has 1 N–H and O–H groups in total. The predicted octanol–water partition coefficient (Wildman–Crippen LogP) is 2.58. The van der Waals surface area contributed by atoms with Crippen LogP contribution in [0, 0.1) is 12.8 Å². The fourth-order valence-electron chi connectivity index (χ4n) is 4.34. The van der Waals surface area contributed by atoms with Crippen LogP contribution in [-0.2, 0) is 19.6 Å². The minimum Gasteiger partial charge on any atom is -0.475 e. The van der Waals surface area contributed by atoms with Crippen LogP contribution >= 0.6 is 0 Å². The molecule has 0 radical (unpaired) electrons. The predicted molar refractivity (Wildman–Crippen MR) is 120 cm³/mol. The van der Waals surface area contributed by atoms with Crippen LogP contribution in [0.3, 0.4) is 0 Å². The van der Waals surface area contributed by atoms with E-state index in [0.717, 1.165) is 25.2 Å². The second-order valence-corrected chi connectivity index (χ2v) is 11.1. The minimum absolute atomic E-state index is 0.141. The number of nitrogens with zero attached hydrogens (tertiary/aromatic N) is 3. The first-order valence-corrected chi connectivity index (χ1v) is 12.4. The van der Waals surface area contributed by atoms with E-state index in [2.05, 4.69) is 18.7 Å². The molecule has 0 bridgehead atoms. The molecule has 0 unspecified atom stereocenters. The molecule has 0 aliphatic carbocycles. The lowest BCUT2D eigenvalue weighted by Crippen LogP contribution is -2.68. The average molecular weight is 508 g/mol. The minimum atomic E-state index is -5.08. The maximum Gasteiger partial charge on any atom is 0.490 e. The van der Waals surface area contributed by atoms with Crippen LogP contribution in [0.1, 0.15) is 32.3 Å². The molecule has 3 rings (SSSR count). The van der Waals surface area contributed by atoms with Crippen molar-refractivity contribution < 1.29 is 36.3 Å². The summed E-state index contributed by atoms with van der Waals surface area (Å²) in [6.07, 6.45) is -3.98. The monoisotopic (exact) mass is 507 g/mol. The molecule has 0 atom stereocenters. The summed E-state index contributed by atoms with van der Waals surface area (Å²) in [6.45, 7) is 9.43. The normalized spacial score (nSPS) is 19.8. The number of rotatable bonds is 4. The third-order valence-electron chi connectivity index (χ3n) is 6.06. The van der Waals surface area contributed by atoms with Gasteiger partial charge in [-0.05, 0) is 43.4 Å². The smallest absolute Gasteiger partial charge is 0.475 e. The number of carbonyl (C=O) groups excluding carboxylic acids is 1. The Hall–Kier alpha value is -2.18. The van der Waals surface area contributed by atoms with Crippen molar-refractivity contribution in [3.63, 3.8) is 0 Å². The van der Waals surface area contributed by atoms with Gasteiger partial charge in [-0.25, -0.2) is 13.2 Å². The summed E-state index contributed by atoms with van der Waals surface area (Å²) in [7, 11) is -1.67. The molecular formula is C22H32F3N3O5S. The standard InChI is InChI=1S/C20H31N3O3S.C2HF3O2/c1-16(2)15-22-13-12-21(4)19(24)20(22)8-10-23(11-9-20)27(25,26)18-7-5-6-17(3)14-18;3-2(4,5)1(6)7/h5-7,14,16H,8-13,15H2,1-4H3;(H,6,7). The average Bonchev–Trinajstić information content (AvgIpc) is 2.74. The SMILES string of the molecule is Cc1cccc(S(=O)(=O)N2CCC3(CC2)C(=O)N(C)CCN3CC(C)C)c1.O=C(O)C(F)(F)F. The van der Waals surface area contributed by atoms with Gasteiger partial charge < -0.3 is 10.0 Å². The molecule has 1 aromatic carbocycles. The number of piperazine rings is 1. The van der Waals surface area contributed by atoms with E-state index < -0.39 is 27.7 Å². The highest BCUT2D eigenvalue weighted by atomic mass is 32.2. The highest BCUT2D eigenvalue weighted by Gasteiger charge is 2.51. The van der Waals surface area contributed by atoms with E-state index in [1.54, 1.807) is 22.5 Å². The van der Waals surface area contributed by atoms with Gasteiger partial charge in [0.1, 0.15) is 5.54 Å². The summed E-state index contributed by atoms with van der Waals surface area (Å²) >= 11 is 0. The number of sulfonamides is 1. The van der Waals surface area contributed by atoms with Gasteiger partial charge in [-0.3, -0.25) is 9.69 Å². The number of alkyl halides is 3. The topological polar surface area (TPSA) is 98.2 Å². The number of carboxylic acid groups (broad SMARTS) is 1. The largest absolute Gasteiger partial charge is 0.490 e. The van der Waals surface area contributed by atoms with Crippen molar-refractivity contribution in [3.05, 3.63) is 29.8 Å². The number of carbonyl (C=O) groups is 2. The van der Waals surface area contributed by atoms with E-state index in [9.17, 15) is 26.4 Å². The van der Waals surface area contributed by atoms with Crippen molar-refractivity contribution in [2.45, 2.75) is 50.2 Å². The number of likely N-dealkylation sites (N-methyl/N-ethyl adjacent to an activating group) is 1. The molecule has 0 aromatic heterocycles. The van der Waals surface area contributed by atoms with E-state index in [1.165, 1.54) is 0 Å². The van der Waals surface area contributed by atoms with Gasteiger partial charge in [0, 0.05) is 39.8 Å². The van der Waals surface area contributed by atoms with E-state index in [1.807, 2.05) is 24.9 Å². The van der Waals surface area contributed by atoms with Gasteiger partial charge in [0.25, 0.3) is 0 Å². The number of hydrogen-bond donors (Lipinski definition) is 1. The molecule has 1 aromatic rings. The van der Waals surface area contributed by atoms with Gasteiger partial charge in [0.15, 0.2) is 0 Å². The van der Waals surface area contributed by atoms with Gasteiger partial charge in [-0.15, -0.1) is 0 Å². The number of hydrogen-bond acceptors (Lipinski definition) is 5. The first kappa shape index (κ1) is 28.1. The van der Waals surface area contributed by atoms with Crippen molar-refractivity contribution >= 4 is 21.9 Å². The fourth-order valence-corrected chi connectivity index (χ4v) is 5.88. The summed E-state index contributed by atoms with van der Waals surface area (Å²) in [5.74, 6) is -2.15. The Morgan fingerprint density at radius 2 is 1.71 bits per heavy atom. The van der Waals surface area contributed by atoms with Crippen molar-refractivity contribution in [1.29, 1.82) is 0 Å². The Labute approximate surface area is 198 Å². The number of carboxylic acids is 1. The number of halogens is 3. The first-order valence-electron chi connectivity index (χ1n) is 11.0. The Kier molecular flexibility index (Phi) is 8.76. The molecule has 34 heavy (non-hydrogen) atoms. The summed E-state index contributed by atoms with van der Waals surface area (Å²) in [5, 5.41) is 7.12. The van der Waals surface area contributed by atoms with E-state index in [4.69, 9.17) is 9.90 Å². The zero-order valence-corrected chi connectivity index (χ0v) is 20.6. The molecule has 192 valence electrons. The zero-order valence-electron chi connectivity index (χ0n) is 19.8. The van der Waals surface area contributed by atoms with Gasteiger partial charge >= 0.3 is 12.1 Å². The lowest BCUT2D eigenvalue weighted by Gasteiger charge is -2.52. The van der Waals surface area contributed by atoms with Crippen LogP contribution in [0.5, 0.6) is 0 Å². The van der Waals surface area contributed by atoms with E-state index >= 15 is 0 Å². The van der Waals surface area contributed by atoms with Crippen molar-refractivity contribution in [2.75, 3.05) is 39.8 Å². The summed E-state index contributed by atoms with van der Waals surface area (Å²) < 4.78 is 59.3. The molecule has 1 spiro atoms. The molecule has 2 aliphatic rings. The number of piperidine rings is 1. The number of aryl methyl sites for hydroxylation is 1. The van der Waals surface area contributed by atoms with Crippen molar-refractivity contribution in [2.24, 2.45) is 5.92 Å². The van der Waals surface area contributed by atoms with Crippen molar-refractivity contribution in [3.8, 4) is 0 Å². The molecule has 0 saturated carbocycles. The lowest BCUT2D eigenvalue weighted by molar-refractivity contribution is -0.192. The van der Waals surface area contributed by atoms with E-state index in [0.29, 0.717) is 36.7 Å². The van der Waals surface area contributed by atoms with Gasteiger partial charge in [-0.1, -0.05) is 26.0 Å². The lowest BCUT2D eigenvalue weighted by atomic mass is 9.82. The van der Waals surface area contributed by atoms with Gasteiger partial charge in [0.05, 0.1) is 4.90 Å².